The molecule has 1 amide bonds. The van der Waals surface area contributed by atoms with Crippen molar-refractivity contribution in [2.75, 3.05) is 19.6 Å². The number of carbonyl (C=O) groups excluding carboxylic acids is 1. The van der Waals surface area contributed by atoms with Crippen LogP contribution in [-0.4, -0.2) is 47.7 Å². The molecule has 2 rings (SSSR count). The van der Waals surface area contributed by atoms with E-state index in [1.807, 2.05) is 0 Å². The molecule has 0 radical (unpaired) electrons. The van der Waals surface area contributed by atoms with Crippen LogP contribution in [0.1, 0.15) is 25.7 Å². The van der Waals surface area contributed by atoms with Gasteiger partial charge in [0.15, 0.2) is 0 Å². The van der Waals surface area contributed by atoms with Gasteiger partial charge in [-0.3, -0.25) is 4.79 Å². The Kier molecular flexibility index (Phi) is 3.03. The van der Waals surface area contributed by atoms with Gasteiger partial charge in [-0.25, -0.2) is 0 Å². The number of hydrogen-bond acceptors (Lipinski definition) is 3. The van der Waals surface area contributed by atoms with Crippen molar-refractivity contribution >= 4 is 5.91 Å². The van der Waals surface area contributed by atoms with E-state index in [1.165, 1.54) is 12.8 Å². The minimum Gasteiger partial charge on any atom is -0.389 e. The number of aliphatic hydroxyl groups is 1. The first-order valence-electron chi connectivity index (χ1n) is 5.47. The van der Waals surface area contributed by atoms with Crippen LogP contribution in [0.4, 0.5) is 0 Å². The summed E-state index contributed by atoms with van der Waals surface area (Å²) < 4.78 is 0. The van der Waals surface area contributed by atoms with Crippen molar-refractivity contribution in [2.24, 2.45) is 0 Å². The molecule has 2 heterocycles. The van der Waals surface area contributed by atoms with Crippen molar-refractivity contribution in [2.45, 2.75) is 37.8 Å². The van der Waals surface area contributed by atoms with E-state index in [2.05, 4.69) is 5.32 Å². The lowest BCUT2D eigenvalue weighted by molar-refractivity contribution is -0.143. The van der Waals surface area contributed by atoms with Crippen LogP contribution in [0, 0.1) is 0 Å². The number of amides is 1. The highest BCUT2D eigenvalue weighted by Gasteiger charge is 2.33. The Balaban J connectivity index is 1.83. The highest BCUT2D eigenvalue weighted by Crippen LogP contribution is 2.14. The van der Waals surface area contributed by atoms with Gasteiger partial charge in [-0.15, -0.1) is 0 Å². The van der Waals surface area contributed by atoms with Gasteiger partial charge >= 0.3 is 0 Å². The maximum atomic E-state index is 11.8. The number of nitrogens with zero attached hydrogens (tertiary/aromatic N) is 1. The summed E-state index contributed by atoms with van der Waals surface area (Å²) in [5.74, 6) is 0.178. The molecule has 14 heavy (non-hydrogen) atoms. The molecule has 4 nitrogen and oxygen atoms in total. The van der Waals surface area contributed by atoms with Crippen molar-refractivity contribution in [1.82, 2.24) is 10.2 Å². The van der Waals surface area contributed by atoms with E-state index in [0.29, 0.717) is 13.1 Å². The molecule has 80 valence electrons. The van der Waals surface area contributed by atoms with E-state index in [4.69, 9.17) is 5.11 Å². The monoisotopic (exact) mass is 198 g/mol. The van der Waals surface area contributed by atoms with Crippen LogP contribution in [0.3, 0.4) is 0 Å². The van der Waals surface area contributed by atoms with Crippen molar-refractivity contribution < 1.29 is 9.90 Å². The number of rotatable bonds is 1. The van der Waals surface area contributed by atoms with E-state index < -0.39 is 0 Å². The summed E-state index contributed by atoms with van der Waals surface area (Å²) >= 11 is 0. The van der Waals surface area contributed by atoms with Gasteiger partial charge in [-0.1, -0.05) is 12.8 Å². The molecule has 0 spiro atoms. The summed E-state index contributed by atoms with van der Waals surface area (Å²) in [4.78, 5) is 13.6. The van der Waals surface area contributed by atoms with Crippen LogP contribution in [-0.2, 0) is 4.79 Å². The number of hydrogen-bond donors (Lipinski definition) is 2. The largest absolute Gasteiger partial charge is 0.389 e. The zero-order valence-electron chi connectivity index (χ0n) is 8.41. The summed E-state index contributed by atoms with van der Waals surface area (Å²) in [7, 11) is 0. The highest BCUT2D eigenvalue weighted by molar-refractivity contribution is 5.82. The fourth-order valence-corrected chi connectivity index (χ4v) is 2.10. The molecular weight excluding hydrogens is 180 g/mol. The van der Waals surface area contributed by atoms with Crippen LogP contribution in [0.25, 0.3) is 0 Å². The van der Waals surface area contributed by atoms with Crippen LogP contribution < -0.4 is 5.32 Å². The van der Waals surface area contributed by atoms with Gasteiger partial charge in [-0.2, -0.15) is 0 Å². The van der Waals surface area contributed by atoms with E-state index in [0.717, 1.165) is 19.4 Å². The minimum absolute atomic E-state index is 0.00463. The van der Waals surface area contributed by atoms with Crippen molar-refractivity contribution in [3.8, 4) is 0 Å². The average Bonchev–Trinajstić information content (AvgIpc) is 2.40. The second kappa shape index (κ2) is 4.28. The van der Waals surface area contributed by atoms with Crippen LogP contribution >= 0.6 is 0 Å². The van der Waals surface area contributed by atoms with Crippen LogP contribution in [0.2, 0.25) is 0 Å². The van der Waals surface area contributed by atoms with Gasteiger partial charge in [0.2, 0.25) is 5.91 Å². The fourth-order valence-electron chi connectivity index (χ4n) is 2.10. The highest BCUT2D eigenvalue weighted by atomic mass is 16.3. The lowest BCUT2D eigenvalue weighted by Gasteiger charge is -2.38. The number of carbonyl (C=O) groups is 1. The first-order chi connectivity index (χ1) is 6.77. The lowest BCUT2D eigenvalue weighted by atomic mass is 10.1. The summed E-state index contributed by atoms with van der Waals surface area (Å²) in [6.45, 7) is 2.00. The number of nitrogens with one attached hydrogen (secondary N) is 1. The van der Waals surface area contributed by atoms with E-state index in [9.17, 15) is 4.79 Å². The van der Waals surface area contributed by atoms with Gasteiger partial charge < -0.3 is 15.3 Å². The maximum absolute atomic E-state index is 11.8. The predicted molar refractivity (Wildman–Crippen MR) is 52.8 cm³/mol. The average molecular weight is 198 g/mol. The third-order valence-corrected chi connectivity index (χ3v) is 3.03. The summed E-state index contributed by atoms with van der Waals surface area (Å²) in [6.07, 6.45) is 4.20. The molecule has 2 aliphatic rings. The number of β-amino-alcohol motifs (C(OH)–C–C–N with tert-alkyl or cyclic N) is 1. The second-order valence-corrected chi connectivity index (χ2v) is 4.25. The molecule has 0 aromatic heterocycles. The molecule has 4 heteroatoms. The van der Waals surface area contributed by atoms with E-state index in [-0.39, 0.29) is 18.1 Å². The van der Waals surface area contributed by atoms with E-state index >= 15 is 0 Å². The van der Waals surface area contributed by atoms with Gasteiger partial charge in [0.25, 0.3) is 0 Å². The SMILES string of the molecule is O=C(C1CCCCCN1)N1CC(O)C1. The summed E-state index contributed by atoms with van der Waals surface area (Å²) in [5, 5.41) is 12.4. The standard InChI is InChI=1S/C10H18N2O2/c13-8-6-12(7-8)10(14)9-4-2-1-3-5-11-9/h8-9,11,13H,1-7H2. The maximum Gasteiger partial charge on any atom is 0.239 e. The molecule has 1 atom stereocenters. The summed E-state index contributed by atoms with van der Waals surface area (Å²) in [6, 6.07) is 0.00463. The molecule has 0 saturated carbocycles. The molecule has 2 N–H and O–H groups in total. The third kappa shape index (κ3) is 2.07. The molecule has 0 bridgehead atoms. The Morgan fingerprint density at radius 1 is 1.29 bits per heavy atom. The molecular formula is C10H18N2O2. The van der Waals surface area contributed by atoms with Gasteiger partial charge in [0, 0.05) is 13.1 Å². The Bertz CT molecular complexity index is 206. The molecule has 0 aliphatic carbocycles. The third-order valence-electron chi connectivity index (χ3n) is 3.03. The first-order valence-corrected chi connectivity index (χ1v) is 5.47. The van der Waals surface area contributed by atoms with Crippen LogP contribution in [0.5, 0.6) is 0 Å². The predicted octanol–water partition coefficient (Wildman–Crippen LogP) is -0.278. The number of likely N-dealkylation sites (tertiary alicyclic amines) is 1. The van der Waals surface area contributed by atoms with E-state index in [1.54, 1.807) is 4.90 Å². The van der Waals surface area contributed by atoms with Gasteiger partial charge in [-0.05, 0) is 19.4 Å². The molecule has 1 unspecified atom stereocenters. The molecule has 0 aromatic carbocycles. The summed E-state index contributed by atoms with van der Waals surface area (Å²) in [5.41, 5.74) is 0. The van der Waals surface area contributed by atoms with Gasteiger partial charge in [0.05, 0.1) is 12.1 Å². The van der Waals surface area contributed by atoms with Gasteiger partial charge in [0.1, 0.15) is 0 Å². The van der Waals surface area contributed by atoms with Crippen molar-refractivity contribution in [3.63, 3.8) is 0 Å². The molecule has 2 fully saturated rings. The van der Waals surface area contributed by atoms with Crippen LogP contribution in [0.15, 0.2) is 0 Å². The lowest BCUT2D eigenvalue weighted by Crippen LogP contribution is -2.58. The molecule has 2 aliphatic heterocycles. The second-order valence-electron chi connectivity index (χ2n) is 4.25. The first kappa shape index (κ1) is 9.93. The molecule has 0 aromatic rings. The fraction of sp³-hybridized carbons (Fsp3) is 0.900. The van der Waals surface area contributed by atoms with Crippen molar-refractivity contribution in [3.05, 3.63) is 0 Å². The Morgan fingerprint density at radius 2 is 2.07 bits per heavy atom. The zero-order chi connectivity index (χ0) is 9.97. The molecule has 2 saturated heterocycles. The Labute approximate surface area is 84.3 Å². The smallest absolute Gasteiger partial charge is 0.239 e. The Morgan fingerprint density at radius 3 is 2.79 bits per heavy atom. The quantitative estimate of drug-likeness (QED) is 0.609. The topological polar surface area (TPSA) is 52.6 Å². The van der Waals surface area contributed by atoms with Crippen molar-refractivity contribution in [1.29, 1.82) is 0 Å². The minimum atomic E-state index is -0.287. The zero-order valence-corrected chi connectivity index (χ0v) is 8.41. The normalized spacial score (nSPS) is 29.5. The Hall–Kier alpha value is -0.610. The number of aliphatic hydroxyl groups excluding tert-OH is 1.